The van der Waals surface area contributed by atoms with Crippen LogP contribution in [-0.4, -0.2) is 36.0 Å². The first-order valence-electron chi connectivity index (χ1n) is 6.15. The van der Waals surface area contributed by atoms with Crippen LogP contribution in [0.4, 0.5) is 0 Å². The molecule has 0 saturated carbocycles. The third-order valence-corrected chi connectivity index (χ3v) is 4.37. The highest BCUT2D eigenvalue weighted by Crippen LogP contribution is 2.41. The predicted molar refractivity (Wildman–Crippen MR) is 63.7 cm³/mol. The van der Waals surface area contributed by atoms with Gasteiger partial charge in [-0.1, -0.05) is 0 Å². The topological polar surface area (TPSA) is 45.5 Å². The summed E-state index contributed by atoms with van der Waals surface area (Å²) < 4.78 is 5.00. The first-order chi connectivity index (χ1) is 8.10. The fourth-order valence-electron chi connectivity index (χ4n) is 3.31. The molecule has 3 heterocycles. The van der Waals surface area contributed by atoms with Gasteiger partial charge in [0.15, 0.2) is 0 Å². The molecule has 1 amide bonds. The second kappa shape index (κ2) is 3.60. The number of fused-ring (bicyclic) bond motifs is 1. The van der Waals surface area contributed by atoms with Crippen LogP contribution in [0.3, 0.4) is 0 Å². The predicted octanol–water partition coefficient (Wildman–Crippen LogP) is 1.35. The largest absolute Gasteiger partial charge is 0.472 e. The Morgan fingerprint density at radius 3 is 3.00 bits per heavy atom. The van der Waals surface area contributed by atoms with Gasteiger partial charge in [-0.3, -0.25) is 4.79 Å². The van der Waals surface area contributed by atoms with E-state index in [9.17, 15) is 4.79 Å². The molecule has 1 aromatic rings. The number of rotatable bonds is 1. The minimum absolute atomic E-state index is 0.0669. The molecule has 2 fully saturated rings. The number of nitrogens with zero attached hydrogens (tertiary/aromatic N) is 1. The van der Waals surface area contributed by atoms with Gasteiger partial charge in [0.1, 0.15) is 6.26 Å². The molecule has 4 nitrogen and oxygen atoms in total. The molecule has 1 aromatic heterocycles. The maximum absolute atomic E-state index is 12.4. The summed E-state index contributed by atoms with van der Waals surface area (Å²) in [6, 6.07) is 1.74. The second-order valence-corrected chi connectivity index (χ2v) is 5.61. The van der Waals surface area contributed by atoms with Crippen molar-refractivity contribution >= 4 is 5.91 Å². The van der Waals surface area contributed by atoms with Gasteiger partial charge >= 0.3 is 0 Å². The molecule has 4 heteroatoms. The normalized spacial score (nSPS) is 30.6. The minimum atomic E-state index is -0.0669. The zero-order valence-corrected chi connectivity index (χ0v) is 10.3. The van der Waals surface area contributed by atoms with Crippen molar-refractivity contribution < 1.29 is 9.21 Å². The van der Waals surface area contributed by atoms with Gasteiger partial charge in [0, 0.05) is 25.2 Å². The molecule has 17 heavy (non-hydrogen) atoms. The molecule has 2 atom stereocenters. The molecule has 0 radical (unpaired) electrons. The van der Waals surface area contributed by atoms with Crippen molar-refractivity contribution in [3.63, 3.8) is 0 Å². The van der Waals surface area contributed by atoms with Crippen molar-refractivity contribution in [1.82, 2.24) is 10.2 Å². The fraction of sp³-hybridized carbons (Fsp3) is 0.615. The van der Waals surface area contributed by atoms with Gasteiger partial charge < -0.3 is 14.6 Å². The van der Waals surface area contributed by atoms with Crippen LogP contribution in [0.1, 0.15) is 24.2 Å². The average molecular weight is 234 g/mol. The van der Waals surface area contributed by atoms with E-state index in [4.69, 9.17) is 4.42 Å². The maximum Gasteiger partial charge on any atom is 0.257 e. The summed E-state index contributed by atoms with van der Waals surface area (Å²) in [5, 5.41) is 3.42. The number of amides is 1. The Bertz CT molecular complexity index is 425. The Labute approximate surface area is 101 Å². The quantitative estimate of drug-likeness (QED) is 0.797. The Kier molecular flexibility index (Phi) is 2.30. The summed E-state index contributed by atoms with van der Waals surface area (Å²) in [7, 11) is 0. The van der Waals surface area contributed by atoms with E-state index in [1.165, 1.54) is 6.26 Å². The highest BCUT2D eigenvalue weighted by Gasteiger charge is 2.51. The number of carbonyl (C=O) groups excluding carboxylic acids is 1. The van der Waals surface area contributed by atoms with Crippen LogP contribution < -0.4 is 5.32 Å². The Morgan fingerprint density at radius 2 is 2.35 bits per heavy atom. The van der Waals surface area contributed by atoms with Gasteiger partial charge in [0.2, 0.25) is 0 Å². The van der Waals surface area contributed by atoms with E-state index in [-0.39, 0.29) is 11.4 Å². The first kappa shape index (κ1) is 10.8. The van der Waals surface area contributed by atoms with Crippen molar-refractivity contribution in [3.05, 3.63) is 24.2 Å². The van der Waals surface area contributed by atoms with Crippen LogP contribution >= 0.6 is 0 Å². The highest BCUT2D eigenvalue weighted by molar-refractivity contribution is 5.94. The van der Waals surface area contributed by atoms with E-state index in [2.05, 4.69) is 19.2 Å². The fourth-order valence-corrected chi connectivity index (χ4v) is 3.31. The number of hydrogen-bond acceptors (Lipinski definition) is 3. The molecule has 2 aliphatic rings. The summed E-state index contributed by atoms with van der Waals surface area (Å²) in [6.07, 6.45) is 3.09. The van der Waals surface area contributed by atoms with E-state index >= 15 is 0 Å². The van der Waals surface area contributed by atoms with Crippen molar-refractivity contribution in [3.8, 4) is 0 Å². The molecule has 2 unspecified atom stereocenters. The van der Waals surface area contributed by atoms with Crippen LogP contribution in [0.15, 0.2) is 23.0 Å². The molecule has 2 aliphatic heterocycles. The SMILES string of the molecule is CC1(C)C2CNCC2CN1C(=O)c1ccoc1. The molecule has 2 saturated heterocycles. The van der Waals surface area contributed by atoms with Gasteiger partial charge in [-0.2, -0.15) is 0 Å². The number of carbonyl (C=O) groups is 1. The van der Waals surface area contributed by atoms with Crippen molar-refractivity contribution in [2.75, 3.05) is 19.6 Å². The van der Waals surface area contributed by atoms with E-state index < -0.39 is 0 Å². The van der Waals surface area contributed by atoms with Crippen molar-refractivity contribution in [1.29, 1.82) is 0 Å². The van der Waals surface area contributed by atoms with Crippen LogP contribution in [-0.2, 0) is 0 Å². The number of likely N-dealkylation sites (tertiary alicyclic amines) is 1. The lowest BCUT2D eigenvalue weighted by Crippen LogP contribution is -2.47. The molecular weight excluding hydrogens is 216 g/mol. The average Bonchev–Trinajstić information content (AvgIpc) is 2.97. The molecule has 0 aliphatic carbocycles. The zero-order valence-electron chi connectivity index (χ0n) is 10.3. The molecule has 1 N–H and O–H groups in total. The lowest BCUT2D eigenvalue weighted by atomic mass is 9.85. The minimum Gasteiger partial charge on any atom is -0.472 e. The monoisotopic (exact) mass is 234 g/mol. The van der Waals surface area contributed by atoms with E-state index in [1.54, 1.807) is 12.3 Å². The highest BCUT2D eigenvalue weighted by atomic mass is 16.3. The molecule has 3 rings (SSSR count). The lowest BCUT2D eigenvalue weighted by Gasteiger charge is -2.35. The zero-order chi connectivity index (χ0) is 12.0. The standard InChI is InChI=1S/C13H18N2O2/c1-13(2)11-6-14-5-10(11)7-15(13)12(16)9-3-4-17-8-9/h3-4,8,10-11,14H,5-7H2,1-2H3. The Morgan fingerprint density at radius 1 is 1.53 bits per heavy atom. The lowest BCUT2D eigenvalue weighted by molar-refractivity contribution is 0.0602. The van der Waals surface area contributed by atoms with Crippen molar-refractivity contribution in [2.24, 2.45) is 11.8 Å². The van der Waals surface area contributed by atoms with E-state index in [0.29, 0.717) is 17.4 Å². The van der Waals surface area contributed by atoms with Crippen LogP contribution in [0, 0.1) is 11.8 Å². The smallest absolute Gasteiger partial charge is 0.257 e. The van der Waals surface area contributed by atoms with Gasteiger partial charge in [0.05, 0.1) is 11.8 Å². The molecular formula is C13H18N2O2. The summed E-state index contributed by atoms with van der Waals surface area (Å²) in [6.45, 7) is 7.25. The number of hydrogen-bond donors (Lipinski definition) is 1. The third-order valence-electron chi connectivity index (χ3n) is 4.37. The van der Waals surface area contributed by atoms with Crippen LogP contribution in [0.2, 0.25) is 0 Å². The summed E-state index contributed by atoms with van der Waals surface area (Å²) in [5.41, 5.74) is 0.591. The van der Waals surface area contributed by atoms with E-state index in [1.807, 2.05) is 4.90 Å². The maximum atomic E-state index is 12.4. The number of furan rings is 1. The van der Waals surface area contributed by atoms with Gasteiger partial charge in [0.25, 0.3) is 5.91 Å². The van der Waals surface area contributed by atoms with Gasteiger partial charge in [-0.15, -0.1) is 0 Å². The summed E-state index contributed by atoms with van der Waals surface area (Å²) in [5.74, 6) is 1.26. The molecule has 92 valence electrons. The summed E-state index contributed by atoms with van der Waals surface area (Å²) >= 11 is 0. The van der Waals surface area contributed by atoms with Crippen LogP contribution in [0.5, 0.6) is 0 Å². The van der Waals surface area contributed by atoms with Crippen molar-refractivity contribution in [2.45, 2.75) is 19.4 Å². The molecule has 0 spiro atoms. The third kappa shape index (κ3) is 1.51. The van der Waals surface area contributed by atoms with Gasteiger partial charge in [-0.25, -0.2) is 0 Å². The Hall–Kier alpha value is -1.29. The number of nitrogens with one attached hydrogen (secondary N) is 1. The molecule has 0 bridgehead atoms. The van der Waals surface area contributed by atoms with Crippen LogP contribution in [0.25, 0.3) is 0 Å². The summed E-state index contributed by atoms with van der Waals surface area (Å²) in [4.78, 5) is 14.4. The first-order valence-corrected chi connectivity index (χ1v) is 6.15. The Balaban J connectivity index is 1.87. The van der Waals surface area contributed by atoms with E-state index in [0.717, 1.165) is 19.6 Å². The van der Waals surface area contributed by atoms with Gasteiger partial charge in [-0.05, 0) is 31.7 Å². The molecule has 0 aromatic carbocycles. The second-order valence-electron chi connectivity index (χ2n) is 5.61.